The molecule has 2 atom stereocenters. The Morgan fingerprint density at radius 1 is 1.00 bits per heavy atom. The summed E-state index contributed by atoms with van der Waals surface area (Å²) in [6.45, 7) is 2.29. The van der Waals surface area contributed by atoms with E-state index >= 15 is 0 Å². The number of carbonyl (C=O) groups excluding carboxylic acids is 1. The monoisotopic (exact) mass is 311 g/mol. The fraction of sp³-hybridized carbons (Fsp3) is 0.263. The number of hydrogen-bond donors (Lipinski definition) is 2. The van der Waals surface area contributed by atoms with Crippen LogP contribution in [0.4, 0.5) is 0 Å². The minimum atomic E-state index is -0.965. The Morgan fingerprint density at radius 3 is 2.13 bits per heavy atom. The molecule has 0 saturated heterocycles. The lowest BCUT2D eigenvalue weighted by atomic mass is 9.84. The molecule has 2 rings (SSSR count). The van der Waals surface area contributed by atoms with E-state index in [0.717, 1.165) is 11.1 Å². The summed E-state index contributed by atoms with van der Waals surface area (Å²) >= 11 is 0. The summed E-state index contributed by atoms with van der Waals surface area (Å²) in [5.74, 6) is -1.96. The summed E-state index contributed by atoms with van der Waals surface area (Å²) in [6.07, 6.45) is -0.184. The molecule has 4 nitrogen and oxygen atoms in total. The highest BCUT2D eigenvalue weighted by molar-refractivity contribution is 5.84. The van der Waals surface area contributed by atoms with Crippen molar-refractivity contribution in [3.63, 3.8) is 0 Å². The molecule has 0 saturated carbocycles. The smallest absolute Gasteiger partial charge is 0.304 e. The first-order valence-corrected chi connectivity index (χ1v) is 7.66. The van der Waals surface area contributed by atoms with Gasteiger partial charge in [-0.3, -0.25) is 9.59 Å². The number of benzene rings is 2. The van der Waals surface area contributed by atoms with Gasteiger partial charge >= 0.3 is 5.97 Å². The maximum absolute atomic E-state index is 12.5. The highest BCUT2D eigenvalue weighted by Gasteiger charge is 2.28. The van der Waals surface area contributed by atoms with Crippen LogP contribution in [0.2, 0.25) is 0 Å². The van der Waals surface area contributed by atoms with E-state index in [-0.39, 0.29) is 18.2 Å². The standard InChI is InChI=1S/C19H21NO3/c1-14(16-10-6-3-7-11-16)17(12-18(21)22)19(23)20-13-15-8-4-2-5-9-15/h2-11,14,17H,12-13H2,1H3,(H,20,23)(H,21,22)/t14-,17+/m1/s1. The molecule has 2 N–H and O–H groups in total. The molecule has 0 spiro atoms. The summed E-state index contributed by atoms with van der Waals surface area (Å²) in [6, 6.07) is 19.1. The Bertz CT molecular complexity index is 640. The predicted octanol–water partition coefficient (Wildman–Crippen LogP) is 3.20. The van der Waals surface area contributed by atoms with E-state index in [2.05, 4.69) is 5.32 Å². The van der Waals surface area contributed by atoms with Crippen LogP contribution in [-0.2, 0) is 16.1 Å². The third kappa shape index (κ3) is 4.95. The van der Waals surface area contributed by atoms with E-state index in [1.54, 1.807) is 0 Å². The van der Waals surface area contributed by atoms with E-state index in [0.29, 0.717) is 6.54 Å². The zero-order chi connectivity index (χ0) is 16.7. The van der Waals surface area contributed by atoms with Crippen LogP contribution in [0.25, 0.3) is 0 Å². The average Bonchev–Trinajstić information content (AvgIpc) is 2.58. The van der Waals surface area contributed by atoms with E-state index in [9.17, 15) is 9.59 Å². The second-order valence-electron chi connectivity index (χ2n) is 5.61. The van der Waals surface area contributed by atoms with Crippen molar-refractivity contribution in [1.82, 2.24) is 5.32 Å². The van der Waals surface area contributed by atoms with Gasteiger partial charge in [-0.2, -0.15) is 0 Å². The van der Waals surface area contributed by atoms with Gasteiger partial charge in [-0.1, -0.05) is 67.6 Å². The number of carbonyl (C=O) groups is 2. The summed E-state index contributed by atoms with van der Waals surface area (Å²) in [5.41, 5.74) is 1.95. The third-order valence-corrected chi connectivity index (χ3v) is 3.97. The quantitative estimate of drug-likeness (QED) is 0.825. The van der Waals surface area contributed by atoms with Crippen LogP contribution in [-0.4, -0.2) is 17.0 Å². The normalized spacial score (nSPS) is 13.1. The van der Waals surface area contributed by atoms with Gasteiger partial charge in [-0.15, -0.1) is 0 Å². The highest BCUT2D eigenvalue weighted by atomic mass is 16.4. The molecule has 0 aromatic heterocycles. The Kier molecular flexibility index (Phi) is 5.92. The Hall–Kier alpha value is -2.62. The lowest BCUT2D eigenvalue weighted by molar-refractivity contribution is -0.141. The highest BCUT2D eigenvalue weighted by Crippen LogP contribution is 2.27. The summed E-state index contributed by atoms with van der Waals surface area (Å²) in [4.78, 5) is 23.6. The van der Waals surface area contributed by atoms with Gasteiger partial charge < -0.3 is 10.4 Å². The molecule has 0 unspecified atom stereocenters. The van der Waals surface area contributed by atoms with Crippen LogP contribution in [0.1, 0.15) is 30.4 Å². The second kappa shape index (κ2) is 8.13. The van der Waals surface area contributed by atoms with Crippen molar-refractivity contribution in [2.45, 2.75) is 25.8 Å². The largest absolute Gasteiger partial charge is 0.481 e. The average molecular weight is 311 g/mol. The van der Waals surface area contributed by atoms with Crippen molar-refractivity contribution in [3.8, 4) is 0 Å². The molecule has 1 amide bonds. The molecule has 2 aromatic rings. The minimum absolute atomic E-state index is 0.164. The maximum Gasteiger partial charge on any atom is 0.304 e. The first-order chi connectivity index (χ1) is 11.1. The number of carboxylic acid groups (broad SMARTS) is 1. The molecule has 23 heavy (non-hydrogen) atoms. The Labute approximate surface area is 136 Å². The van der Waals surface area contributed by atoms with E-state index in [1.165, 1.54) is 0 Å². The van der Waals surface area contributed by atoms with Crippen molar-refractivity contribution in [2.75, 3.05) is 0 Å². The summed E-state index contributed by atoms with van der Waals surface area (Å²) in [7, 11) is 0. The lowest BCUT2D eigenvalue weighted by Gasteiger charge is -2.22. The molecule has 0 aliphatic carbocycles. The van der Waals surface area contributed by atoms with Gasteiger partial charge in [0.2, 0.25) is 5.91 Å². The molecule has 0 aliphatic rings. The molecule has 0 radical (unpaired) electrons. The minimum Gasteiger partial charge on any atom is -0.481 e. The SMILES string of the molecule is C[C@H](c1ccccc1)[C@H](CC(=O)O)C(=O)NCc1ccccc1. The van der Waals surface area contributed by atoms with Crippen molar-refractivity contribution in [3.05, 3.63) is 71.8 Å². The van der Waals surface area contributed by atoms with Gasteiger partial charge in [-0.25, -0.2) is 0 Å². The number of hydrogen-bond acceptors (Lipinski definition) is 2. The summed E-state index contributed by atoms with van der Waals surface area (Å²) < 4.78 is 0. The lowest BCUT2D eigenvalue weighted by Crippen LogP contribution is -2.34. The molecule has 0 aliphatic heterocycles. The molecular weight excluding hydrogens is 290 g/mol. The van der Waals surface area contributed by atoms with Crippen LogP contribution in [0.5, 0.6) is 0 Å². The van der Waals surface area contributed by atoms with Gasteiger partial charge in [0.1, 0.15) is 0 Å². The Morgan fingerprint density at radius 2 is 1.57 bits per heavy atom. The molecule has 0 fully saturated rings. The van der Waals surface area contributed by atoms with Crippen LogP contribution < -0.4 is 5.32 Å². The molecule has 4 heteroatoms. The molecule has 2 aromatic carbocycles. The predicted molar refractivity (Wildman–Crippen MR) is 88.9 cm³/mol. The maximum atomic E-state index is 12.5. The Balaban J connectivity index is 2.07. The molecular formula is C19H21NO3. The molecule has 120 valence electrons. The van der Waals surface area contributed by atoms with Crippen LogP contribution in [0.15, 0.2) is 60.7 Å². The van der Waals surface area contributed by atoms with Crippen LogP contribution >= 0.6 is 0 Å². The zero-order valence-electron chi connectivity index (χ0n) is 13.1. The number of rotatable bonds is 7. The van der Waals surface area contributed by atoms with Crippen molar-refractivity contribution >= 4 is 11.9 Å². The van der Waals surface area contributed by atoms with Crippen LogP contribution in [0, 0.1) is 5.92 Å². The summed E-state index contributed by atoms with van der Waals surface area (Å²) in [5, 5.41) is 12.0. The van der Waals surface area contributed by atoms with Gasteiger partial charge in [0.05, 0.1) is 12.3 Å². The van der Waals surface area contributed by atoms with Crippen molar-refractivity contribution < 1.29 is 14.7 Å². The topological polar surface area (TPSA) is 66.4 Å². The zero-order valence-corrected chi connectivity index (χ0v) is 13.1. The van der Waals surface area contributed by atoms with Gasteiger partial charge in [0, 0.05) is 6.54 Å². The van der Waals surface area contributed by atoms with E-state index in [4.69, 9.17) is 5.11 Å². The van der Waals surface area contributed by atoms with Gasteiger partial charge in [-0.05, 0) is 17.0 Å². The number of carboxylic acids is 1. The van der Waals surface area contributed by atoms with Crippen molar-refractivity contribution in [1.29, 1.82) is 0 Å². The second-order valence-corrected chi connectivity index (χ2v) is 5.61. The molecule has 0 bridgehead atoms. The molecule has 0 heterocycles. The van der Waals surface area contributed by atoms with Gasteiger partial charge in [0.15, 0.2) is 0 Å². The fourth-order valence-electron chi connectivity index (χ4n) is 2.59. The van der Waals surface area contributed by atoms with E-state index < -0.39 is 11.9 Å². The number of nitrogens with one attached hydrogen (secondary N) is 1. The first-order valence-electron chi connectivity index (χ1n) is 7.66. The van der Waals surface area contributed by atoms with Crippen LogP contribution in [0.3, 0.4) is 0 Å². The number of amides is 1. The van der Waals surface area contributed by atoms with Gasteiger partial charge in [0.25, 0.3) is 0 Å². The van der Waals surface area contributed by atoms with E-state index in [1.807, 2.05) is 67.6 Å². The first kappa shape index (κ1) is 16.7. The third-order valence-electron chi connectivity index (χ3n) is 3.97. The fourth-order valence-corrected chi connectivity index (χ4v) is 2.59. The number of aliphatic carboxylic acids is 1. The van der Waals surface area contributed by atoms with Crippen molar-refractivity contribution in [2.24, 2.45) is 5.92 Å².